The van der Waals surface area contributed by atoms with Crippen molar-refractivity contribution in [2.45, 2.75) is 45.8 Å². The van der Waals surface area contributed by atoms with Crippen LogP contribution in [0.25, 0.3) is 11.3 Å². The number of ketones is 1. The standard InChI is InChI=1S/C21H27N3O5/c1-13(25)18-22-17(12-24(18)5)15-9-7-14(8-10-15)11-16(19(26)28-6)23-20(27)29-21(2,3)4/h7-10,12,16H,11H2,1-6H3,(H,23,27)/t16-/m0/s1. The highest BCUT2D eigenvalue weighted by Gasteiger charge is 2.25. The summed E-state index contributed by atoms with van der Waals surface area (Å²) >= 11 is 0. The molecule has 0 saturated heterocycles. The molecule has 1 heterocycles. The number of carbonyl (C=O) groups excluding carboxylic acids is 3. The third-order valence-corrected chi connectivity index (χ3v) is 4.06. The molecule has 2 aromatic rings. The average Bonchev–Trinajstić information content (AvgIpc) is 3.01. The van der Waals surface area contributed by atoms with Crippen molar-refractivity contribution in [3.8, 4) is 11.3 Å². The van der Waals surface area contributed by atoms with Crippen molar-refractivity contribution in [1.29, 1.82) is 0 Å². The Hall–Kier alpha value is -3.16. The second-order valence-electron chi connectivity index (χ2n) is 7.74. The lowest BCUT2D eigenvalue weighted by atomic mass is 10.0. The summed E-state index contributed by atoms with van der Waals surface area (Å²) in [6.45, 7) is 6.70. The van der Waals surface area contributed by atoms with Crippen molar-refractivity contribution in [2.24, 2.45) is 7.05 Å². The van der Waals surface area contributed by atoms with Crippen LogP contribution in [-0.4, -0.2) is 46.1 Å². The number of carbonyl (C=O) groups is 3. The van der Waals surface area contributed by atoms with Crippen LogP contribution in [0.5, 0.6) is 0 Å². The summed E-state index contributed by atoms with van der Waals surface area (Å²) in [5, 5.41) is 2.55. The van der Waals surface area contributed by atoms with Gasteiger partial charge < -0.3 is 19.4 Å². The lowest BCUT2D eigenvalue weighted by Crippen LogP contribution is -2.45. The monoisotopic (exact) mass is 401 g/mol. The van der Waals surface area contributed by atoms with Crippen molar-refractivity contribution >= 4 is 17.8 Å². The van der Waals surface area contributed by atoms with Crippen LogP contribution in [0, 0.1) is 0 Å². The van der Waals surface area contributed by atoms with E-state index in [9.17, 15) is 14.4 Å². The number of methoxy groups -OCH3 is 1. The Morgan fingerprint density at radius 2 is 1.79 bits per heavy atom. The van der Waals surface area contributed by atoms with Gasteiger partial charge in [0.15, 0.2) is 11.6 Å². The lowest BCUT2D eigenvalue weighted by Gasteiger charge is -2.22. The molecule has 1 aromatic heterocycles. The summed E-state index contributed by atoms with van der Waals surface area (Å²) in [4.78, 5) is 40.0. The van der Waals surface area contributed by atoms with Gasteiger partial charge >= 0.3 is 12.1 Å². The van der Waals surface area contributed by atoms with Crippen LogP contribution in [-0.2, 0) is 27.7 Å². The van der Waals surface area contributed by atoms with Gasteiger partial charge in [0.05, 0.1) is 12.8 Å². The Bertz CT molecular complexity index is 894. The van der Waals surface area contributed by atoms with Gasteiger partial charge in [-0.15, -0.1) is 0 Å². The number of amides is 1. The number of aromatic nitrogens is 2. The number of Topliss-reactive ketones (excluding diaryl/α,β-unsaturated/α-hetero) is 1. The lowest BCUT2D eigenvalue weighted by molar-refractivity contribution is -0.143. The Morgan fingerprint density at radius 3 is 2.28 bits per heavy atom. The SMILES string of the molecule is COC(=O)[C@H](Cc1ccc(-c2cn(C)c(C(C)=O)n2)cc1)NC(=O)OC(C)(C)C. The number of imidazole rings is 1. The van der Waals surface area contributed by atoms with Gasteiger partial charge in [-0.1, -0.05) is 24.3 Å². The predicted octanol–water partition coefficient (Wildman–Crippen LogP) is 2.90. The van der Waals surface area contributed by atoms with E-state index in [0.717, 1.165) is 11.1 Å². The van der Waals surface area contributed by atoms with Crippen LogP contribution >= 0.6 is 0 Å². The topological polar surface area (TPSA) is 99.5 Å². The summed E-state index contributed by atoms with van der Waals surface area (Å²) in [5.74, 6) is -0.281. The van der Waals surface area contributed by atoms with E-state index in [0.29, 0.717) is 11.5 Å². The molecule has 8 nitrogen and oxygen atoms in total. The molecule has 0 spiro atoms. The minimum absolute atomic E-state index is 0.107. The van der Waals surface area contributed by atoms with E-state index in [-0.39, 0.29) is 12.2 Å². The summed E-state index contributed by atoms with van der Waals surface area (Å²) < 4.78 is 11.7. The van der Waals surface area contributed by atoms with E-state index in [1.165, 1.54) is 14.0 Å². The summed E-state index contributed by atoms with van der Waals surface area (Å²) in [5.41, 5.74) is 1.67. The molecule has 0 saturated carbocycles. The molecule has 1 amide bonds. The zero-order valence-corrected chi connectivity index (χ0v) is 17.6. The van der Waals surface area contributed by atoms with E-state index in [1.807, 2.05) is 24.3 Å². The number of nitrogens with one attached hydrogen (secondary N) is 1. The van der Waals surface area contributed by atoms with Crippen molar-refractivity contribution in [3.63, 3.8) is 0 Å². The number of ether oxygens (including phenoxy) is 2. The first-order valence-electron chi connectivity index (χ1n) is 9.21. The van der Waals surface area contributed by atoms with Crippen LogP contribution in [0.4, 0.5) is 4.79 Å². The molecule has 8 heteroatoms. The molecule has 1 atom stereocenters. The van der Waals surface area contributed by atoms with Crippen molar-refractivity contribution < 1.29 is 23.9 Å². The van der Waals surface area contributed by atoms with Gasteiger partial charge in [0.1, 0.15) is 11.6 Å². The molecule has 0 aliphatic carbocycles. The first-order valence-corrected chi connectivity index (χ1v) is 9.21. The van der Waals surface area contributed by atoms with Crippen molar-refractivity contribution in [3.05, 3.63) is 41.9 Å². The van der Waals surface area contributed by atoms with E-state index < -0.39 is 23.7 Å². The molecule has 0 bridgehead atoms. The van der Waals surface area contributed by atoms with Gasteiger partial charge in [-0.3, -0.25) is 4.79 Å². The molecule has 29 heavy (non-hydrogen) atoms. The van der Waals surface area contributed by atoms with Gasteiger partial charge in [-0.2, -0.15) is 0 Å². The fourth-order valence-electron chi connectivity index (χ4n) is 2.77. The third-order valence-electron chi connectivity index (χ3n) is 4.06. The maximum absolute atomic E-state index is 12.1. The highest BCUT2D eigenvalue weighted by Crippen LogP contribution is 2.20. The zero-order valence-electron chi connectivity index (χ0n) is 17.6. The molecule has 0 radical (unpaired) electrons. The molecule has 1 aromatic carbocycles. The van der Waals surface area contributed by atoms with Gasteiger partial charge in [0, 0.05) is 32.2 Å². The van der Waals surface area contributed by atoms with E-state index in [1.54, 1.807) is 38.6 Å². The minimum atomic E-state index is -0.875. The summed E-state index contributed by atoms with van der Waals surface area (Å²) in [6, 6.07) is 6.50. The fraction of sp³-hybridized carbons (Fsp3) is 0.429. The van der Waals surface area contributed by atoms with E-state index in [4.69, 9.17) is 9.47 Å². The molecule has 0 fully saturated rings. The number of benzene rings is 1. The first kappa shape index (κ1) is 22.1. The largest absolute Gasteiger partial charge is 0.467 e. The first-order chi connectivity index (χ1) is 13.5. The second kappa shape index (κ2) is 8.89. The Morgan fingerprint density at radius 1 is 1.17 bits per heavy atom. The molecular formula is C21H27N3O5. The number of aryl methyl sites for hydroxylation is 1. The maximum Gasteiger partial charge on any atom is 0.408 e. The highest BCUT2D eigenvalue weighted by molar-refractivity contribution is 5.91. The molecule has 0 unspecified atom stereocenters. The summed E-state index contributed by atoms with van der Waals surface area (Å²) in [7, 11) is 3.04. The molecule has 1 N–H and O–H groups in total. The molecule has 2 rings (SSSR count). The number of nitrogens with zero attached hydrogens (tertiary/aromatic N) is 2. The predicted molar refractivity (Wildman–Crippen MR) is 108 cm³/mol. The molecular weight excluding hydrogens is 374 g/mol. The van der Waals surface area contributed by atoms with Crippen molar-refractivity contribution in [2.75, 3.05) is 7.11 Å². The Kier molecular flexibility index (Phi) is 6.79. The second-order valence-corrected chi connectivity index (χ2v) is 7.74. The minimum Gasteiger partial charge on any atom is -0.467 e. The van der Waals surface area contributed by atoms with E-state index >= 15 is 0 Å². The highest BCUT2D eigenvalue weighted by atomic mass is 16.6. The van der Waals surface area contributed by atoms with Gasteiger partial charge in [-0.05, 0) is 26.3 Å². The molecule has 156 valence electrons. The number of alkyl carbamates (subject to hydrolysis) is 1. The number of rotatable bonds is 6. The smallest absolute Gasteiger partial charge is 0.408 e. The maximum atomic E-state index is 12.1. The number of hydrogen-bond donors (Lipinski definition) is 1. The fourth-order valence-corrected chi connectivity index (χ4v) is 2.77. The van der Waals surface area contributed by atoms with Crippen LogP contribution in [0.15, 0.2) is 30.5 Å². The third kappa shape index (κ3) is 6.17. The van der Waals surface area contributed by atoms with Crippen LogP contribution in [0.2, 0.25) is 0 Å². The Balaban J connectivity index is 2.14. The molecule has 0 aliphatic heterocycles. The van der Waals surface area contributed by atoms with Crippen LogP contribution in [0.1, 0.15) is 43.9 Å². The van der Waals surface area contributed by atoms with E-state index in [2.05, 4.69) is 10.3 Å². The van der Waals surface area contributed by atoms with Gasteiger partial charge in [-0.25, -0.2) is 14.6 Å². The van der Waals surface area contributed by atoms with Gasteiger partial charge in [0.2, 0.25) is 0 Å². The number of hydrogen-bond acceptors (Lipinski definition) is 6. The summed E-state index contributed by atoms with van der Waals surface area (Å²) in [6.07, 6.45) is 1.34. The normalized spacial score (nSPS) is 12.2. The molecule has 0 aliphatic rings. The zero-order chi connectivity index (χ0) is 21.8. The van der Waals surface area contributed by atoms with Gasteiger partial charge in [0.25, 0.3) is 0 Å². The average molecular weight is 401 g/mol. The van der Waals surface area contributed by atoms with Crippen LogP contribution < -0.4 is 5.32 Å². The van der Waals surface area contributed by atoms with Crippen LogP contribution in [0.3, 0.4) is 0 Å². The Labute approximate surface area is 170 Å². The quantitative estimate of drug-likeness (QED) is 0.590. The number of esters is 1. The van der Waals surface area contributed by atoms with Crippen molar-refractivity contribution in [1.82, 2.24) is 14.9 Å².